The molecule has 7 nitrogen and oxygen atoms in total. The lowest BCUT2D eigenvalue weighted by molar-refractivity contribution is -0.118. The molecule has 0 atom stereocenters. The third kappa shape index (κ3) is 9.30. The Morgan fingerprint density at radius 1 is 0.973 bits per heavy atom. The topological polar surface area (TPSA) is 103 Å². The first-order valence-corrected chi connectivity index (χ1v) is 12.8. The lowest BCUT2D eigenvalue weighted by Gasteiger charge is -2.32. The molecule has 0 aliphatic carbocycles. The van der Waals surface area contributed by atoms with E-state index in [0.717, 1.165) is 49.1 Å². The van der Waals surface area contributed by atoms with Gasteiger partial charge in [-0.05, 0) is 53.6 Å². The third-order valence-electron chi connectivity index (χ3n) is 6.37. The lowest BCUT2D eigenvalue weighted by Crippen LogP contribution is -2.41. The number of aromatic amines is 1. The average Bonchev–Trinajstić information content (AvgIpc) is 2.82. The van der Waals surface area contributed by atoms with Crippen molar-refractivity contribution < 1.29 is 14.3 Å². The standard InChI is InChI=1S/C29H39FN4O3/c1-29(2,3)20-34(15-12-22-7-9-25(35)28-24(22)8-10-27(37)32-28)18-17-33(16-13-26(31)36)14-11-21-5-4-6-23(30)19-21/h4-10,19,35H,11-18,20H2,1-3H3,(H2,31,36)(H,32,37). The minimum Gasteiger partial charge on any atom is -0.506 e. The number of primary amides is 1. The fourth-order valence-corrected chi connectivity index (χ4v) is 4.60. The smallest absolute Gasteiger partial charge is 0.248 e. The van der Waals surface area contributed by atoms with Crippen molar-refractivity contribution in [2.75, 3.05) is 39.3 Å². The van der Waals surface area contributed by atoms with Gasteiger partial charge in [-0.25, -0.2) is 4.39 Å². The van der Waals surface area contributed by atoms with Gasteiger partial charge in [-0.2, -0.15) is 0 Å². The number of hydrogen-bond donors (Lipinski definition) is 3. The van der Waals surface area contributed by atoms with Crippen LogP contribution < -0.4 is 11.3 Å². The molecule has 1 aromatic heterocycles. The Bertz CT molecular complexity index is 1250. The summed E-state index contributed by atoms with van der Waals surface area (Å²) in [5, 5.41) is 11.0. The molecule has 8 heteroatoms. The highest BCUT2D eigenvalue weighted by Gasteiger charge is 2.18. The van der Waals surface area contributed by atoms with Gasteiger partial charge < -0.3 is 25.6 Å². The number of carbonyl (C=O) groups is 1. The molecule has 200 valence electrons. The molecular weight excluding hydrogens is 471 g/mol. The van der Waals surface area contributed by atoms with Crippen LogP contribution in [0.1, 0.15) is 38.3 Å². The monoisotopic (exact) mass is 510 g/mol. The highest BCUT2D eigenvalue weighted by Crippen LogP contribution is 2.25. The van der Waals surface area contributed by atoms with Gasteiger partial charge in [-0.15, -0.1) is 0 Å². The number of fused-ring (bicyclic) bond motifs is 1. The van der Waals surface area contributed by atoms with Crippen LogP contribution in [0.4, 0.5) is 4.39 Å². The van der Waals surface area contributed by atoms with Crippen LogP contribution in [0, 0.1) is 11.2 Å². The fraction of sp³-hybridized carbons (Fsp3) is 0.448. The van der Waals surface area contributed by atoms with Crippen molar-refractivity contribution in [2.24, 2.45) is 11.1 Å². The number of benzene rings is 2. The summed E-state index contributed by atoms with van der Waals surface area (Å²) in [5.41, 5.74) is 7.70. The molecule has 3 aromatic rings. The van der Waals surface area contributed by atoms with E-state index < -0.39 is 0 Å². The zero-order chi connectivity index (χ0) is 27.0. The Balaban J connectivity index is 1.69. The van der Waals surface area contributed by atoms with E-state index in [1.807, 2.05) is 12.1 Å². The number of halogens is 1. The van der Waals surface area contributed by atoms with Crippen molar-refractivity contribution in [3.63, 3.8) is 0 Å². The number of aromatic hydroxyl groups is 1. The van der Waals surface area contributed by atoms with Gasteiger partial charge in [0.05, 0.1) is 5.52 Å². The molecule has 0 radical (unpaired) electrons. The molecule has 0 bridgehead atoms. The molecule has 0 unspecified atom stereocenters. The van der Waals surface area contributed by atoms with Crippen LogP contribution in [0.25, 0.3) is 10.9 Å². The predicted molar refractivity (Wildman–Crippen MR) is 146 cm³/mol. The van der Waals surface area contributed by atoms with Crippen LogP contribution in [-0.2, 0) is 17.6 Å². The number of nitrogens with zero attached hydrogens (tertiary/aromatic N) is 2. The Morgan fingerprint density at radius 3 is 2.41 bits per heavy atom. The van der Waals surface area contributed by atoms with Gasteiger partial charge in [0.2, 0.25) is 11.5 Å². The van der Waals surface area contributed by atoms with Gasteiger partial charge >= 0.3 is 0 Å². The van der Waals surface area contributed by atoms with Crippen LogP contribution in [0.5, 0.6) is 5.75 Å². The summed E-state index contributed by atoms with van der Waals surface area (Å²) in [6, 6.07) is 13.4. The van der Waals surface area contributed by atoms with Gasteiger partial charge in [0.25, 0.3) is 0 Å². The van der Waals surface area contributed by atoms with E-state index >= 15 is 0 Å². The zero-order valence-electron chi connectivity index (χ0n) is 22.1. The number of hydrogen-bond acceptors (Lipinski definition) is 5. The quantitative estimate of drug-likeness (QED) is 0.326. The molecule has 0 saturated heterocycles. The average molecular weight is 511 g/mol. The number of amides is 1. The summed E-state index contributed by atoms with van der Waals surface area (Å²) in [6.07, 6.45) is 1.72. The van der Waals surface area contributed by atoms with Crippen molar-refractivity contribution in [1.82, 2.24) is 14.8 Å². The molecule has 2 aromatic carbocycles. The summed E-state index contributed by atoms with van der Waals surface area (Å²) in [7, 11) is 0. The van der Waals surface area contributed by atoms with Gasteiger partial charge in [0.1, 0.15) is 11.6 Å². The Labute approximate surface area is 218 Å². The second-order valence-corrected chi connectivity index (χ2v) is 10.9. The van der Waals surface area contributed by atoms with Gasteiger partial charge in [-0.3, -0.25) is 9.59 Å². The van der Waals surface area contributed by atoms with E-state index in [-0.39, 0.29) is 34.9 Å². The molecule has 0 aliphatic rings. The number of phenols is 1. The van der Waals surface area contributed by atoms with E-state index in [4.69, 9.17) is 5.73 Å². The Hall–Kier alpha value is -3.23. The Kier molecular flexibility index (Phi) is 9.83. The molecule has 0 fully saturated rings. The van der Waals surface area contributed by atoms with Crippen molar-refractivity contribution in [2.45, 2.75) is 40.0 Å². The number of nitrogens with one attached hydrogen (secondary N) is 1. The summed E-state index contributed by atoms with van der Waals surface area (Å²) < 4.78 is 13.6. The van der Waals surface area contributed by atoms with Crippen molar-refractivity contribution in [3.05, 3.63) is 75.8 Å². The molecule has 0 aliphatic heterocycles. The summed E-state index contributed by atoms with van der Waals surface area (Å²) in [4.78, 5) is 30.6. The molecule has 4 N–H and O–H groups in total. The number of aromatic nitrogens is 1. The van der Waals surface area contributed by atoms with E-state index in [9.17, 15) is 19.1 Å². The SMILES string of the molecule is CC(C)(C)CN(CCc1ccc(O)c2[nH]c(=O)ccc12)CCN(CCC(N)=O)CCc1cccc(F)c1. The first-order chi connectivity index (χ1) is 17.5. The van der Waals surface area contributed by atoms with Crippen LogP contribution in [0.2, 0.25) is 0 Å². The molecule has 1 heterocycles. The Morgan fingerprint density at radius 2 is 1.70 bits per heavy atom. The van der Waals surface area contributed by atoms with Gasteiger partial charge in [0, 0.05) is 57.1 Å². The highest BCUT2D eigenvalue weighted by molar-refractivity contribution is 5.87. The lowest BCUT2D eigenvalue weighted by atomic mass is 9.95. The van der Waals surface area contributed by atoms with E-state index in [1.165, 1.54) is 12.1 Å². The third-order valence-corrected chi connectivity index (χ3v) is 6.37. The summed E-state index contributed by atoms with van der Waals surface area (Å²) in [5.74, 6) is -0.519. The maximum Gasteiger partial charge on any atom is 0.248 e. The first kappa shape index (κ1) is 28.3. The van der Waals surface area contributed by atoms with Gasteiger partial charge in [-0.1, -0.05) is 39.0 Å². The summed E-state index contributed by atoms with van der Waals surface area (Å²) >= 11 is 0. The predicted octanol–water partition coefficient (Wildman–Crippen LogP) is 3.68. The van der Waals surface area contributed by atoms with E-state index in [0.29, 0.717) is 25.0 Å². The molecular formula is C29H39FN4O3. The van der Waals surface area contributed by atoms with E-state index in [2.05, 4.69) is 35.6 Å². The van der Waals surface area contributed by atoms with E-state index in [1.54, 1.807) is 24.3 Å². The second kappa shape index (κ2) is 12.8. The number of phenolic OH excluding ortho intramolecular Hbond substituents is 1. The minimum atomic E-state index is -0.334. The number of carbonyl (C=O) groups excluding carboxylic acids is 1. The van der Waals surface area contributed by atoms with Gasteiger partial charge in [0.15, 0.2) is 0 Å². The van der Waals surface area contributed by atoms with Crippen molar-refractivity contribution >= 4 is 16.8 Å². The second-order valence-electron chi connectivity index (χ2n) is 10.9. The highest BCUT2D eigenvalue weighted by atomic mass is 19.1. The van der Waals surface area contributed by atoms with Crippen LogP contribution in [0.3, 0.4) is 0 Å². The number of H-pyrrole nitrogens is 1. The first-order valence-electron chi connectivity index (χ1n) is 12.8. The van der Waals surface area contributed by atoms with Crippen molar-refractivity contribution in [3.8, 4) is 5.75 Å². The molecule has 0 saturated carbocycles. The van der Waals surface area contributed by atoms with Crippen LogP contribution >= 0.6 is 0 Å². The number of rotatable bonds is 13. The largest absolute Gasteiger partial charge is 0.506 e. The molecule has 1 amide bonds. The number of pyridine rings is 1. The normalized spacial score (nSPS) is 12.1. The molecule has 0 spiro atoms. The zero-order valence-corrected chi connectivity index (χ0v) is 22.1. The van der Waals surface area contributed by atoms with Crippen molar-refractivity contribution in [1.29, 1.82) is 0 Å². The number of nitrogens with two attached hydrogens (primary N) is 1. The fourth-order valence-electron chi connectivity index (χ4n) is 4.60. The minimum absolute atomic E-state index is 0.0615. The maximum absolute atomic E-state index is 13.6. The van der Waals surface area contributed by atoms with Crippen LogP contribution in [-0.4, -0.2) is 65.1 Å². The summed E-state index contributed by atoms with van der Waals surface area (Å²) in [6.45, 7) is 11.1. The van der Waals surface area contributed by atoms with Crippen LogP contribution in [0.15, 0.2) is 53.3 Å². The maximum atomic E-state index is 13.6. The molecule has 3 rings (SSSR count). The molecule has 37 heavy (non-hydrogen) atoms.